The van der Waals surface area contributed by atoms with Crippen LogP contribution >= 0.6 is 15.9 Å². The molecule has 0 atom stereocenters. The third-order valence-corrected chi connectivity index (χ3v) is 4.23. The standard InChI is InChI=1S/C14H17BrN2O2/c1-10-11(5-4-6-12(10)15)14(19)16-9-13(18)17-7-2-3-8-17/h4-6H,2-3,7-9H2,1H3,(H,16,19). The Morgan fingerprint density at radius 2 is 2.00 bits per heavy atom. The lowest BCUT2D eigenvalue weighted by Gasteiger charge is -2.15. The normalized spacial score (nSPS) is 14.5. The molecular weight excluding hydrogens is 308 g/mol. The number of benzene rings is 1. The van der Waals surface area contributed by atoms with Crippen molar-refractivity contribution in [3.63, 3.8) is 0 Å². The van der Waals surface area contributed by atoms with E-state index < -0.39 is 0 Å². The van der Waals surface area contributed by atoms with E-state index in [0.29, 0.717) is 5.56 Å². The second kappa shape index (κ2) is 6.19. The van der Waals surface area contributed by atoms with E-state index in [1.165, 1.54) is 0 Å². The van der Waals surface area contributed by atoms with Gasteiger partial charge in [-0.2, -0.15) is 0 Å². The van der Waals surface area contributed by atoms with Gasteiger partial charge in [0, 0.05) is 23.1 Å². The monoisotopic (exact) mass is 324 g/mol. The average molecular weight is 325 g/mol. The van der Waals surface area contributed by atoms with Crippen molar-refractivity contribution in [2.24, 2.45) is 0 Å². The third-order valence-electron chi connectivity index (χ3n) is 3.37. The SMILES string of the molecule is Cc1c(Br)cccc1C(=O)NCC(=O)N1CCCC1. The number of carbonyl (C=O) groups is 2. The molecule has 5 heteroatoms. The molecule has 1 aliphatic heterocycles. The Balaban J connectivity index is 1.94. The van der Waals surface area contributed by atoms with Crippen LogP contribution in [0.4, 0.5) is 0 Å². The van der Waals surface area contributed by atoms with Crippen molar-refractivity contribution >= 4 is 27.7 Å². The Labute approximate surface area is 121 Å². The van der Waals surface area contributed by atoms with Crippen LogP contribution in [0.1, 0.15) is 28.8 Å². The van der Waals surface area contributed by atoms with E-state index in [9.17, 15) is 9.59 Å². The Morgan fingerprint density at radius 1 is 1.32 bits per heavy atom. The fourth-order valence-corrected chi connectivity index (χ4v) is 2.55. The lowest BCUT2D eigenvalue weighted by molar-refractivity contribution is -0.129. The Morgan fingerprint density at radius 3 is 2.68 bits per heavy atom. The van der Waals surface area contributed by atoms with Gasteiger partial charge in [-0.15, -0.1) is 0 Å². The van der Waals surface area contributed by atoms with Gasteiger partial charge < -0.3 is 10.2 Å². The summed E-state index contributed by atoms with van der Waals surface area (Å²) >= 11 is 3.39. The van der Waals surface area contributed by atoms with Gasteiger partial charge >= 0.3 is 0 Å². The van der Waals surface area contributed by atoms with E-state index in [0.717, 1.165) is 36.0 Å². The van der Waals surface area contributed by atoms with Crippen LogP contribution in [0.15, 0.2) is 22.7 Å². The fourth-order valence-electron chi connectivity index (χ4n) is 2.18. The van der Waals surface area contributed by atoms with E-state index in [1.807, 2.05) is 19.1 Å². The zero-order valence-corrected chi connectivity index (χ0v) is 12.5. The molecular formula is C14H17BrN2O2. The second-order valence-electron chi connectivity index (χ2n) is 4.68. The summed E-state index contributed by atoms with van der Waals surface area (Å²) < 4.78 is 0.894. The quantitative estimate of drug-likeness (QED) is 0.925. The molecule has 1 heterocycles. The van der Waals surface area contributed by atoms with Gasteiger partial charge in [-0.1, -0.05) is 22.0 Å². The second-order valence-corrected chi connectivity index (χ2v) is 5.54. The maximum atomic E-state index is 12.0. The van der Waals surface area contributed by atoms with Crippen LogP contribution in [0.5, 0.6) is 0 Å². The van der Waals surface area contributed by atoms with Gasteiger partial charge in [0.25, 0.3) is 5.91 Å². The van der Waals surface area contributed by atoms with Crippen molar-refractivity contribution < 1.29 is 9.59 Å². The number of nitrogens with one attached hydrogen (secondary N) is 1. The summed E-state index contributed by atoms with van der Waals surface area (Å²) in [4.78, 5) is 25.7. The molecule has 19 heavy (non-hydrogen) atoms. The number of amides is 2. The van der Waals surface area contributed by atoms with Gasteiger partial charge in [-0.25, -0.2) is 0 Å². The van der Waals surface area contributed by atoms with Crippen LogP contribution < -0.4 is 5.32 Å². The number of carbonyl (C=O) groups excluding carboxylic acids is 2. The van der Waals surface area contributed by atoms with Gasteiger partial charge in [-0.05, 0) is 37.5 Å². The van der Waals surface area contributed by atoms with Crippen LogP contribution in [0, 0.1) is 6.92 Å². The molecule has 1 fully saturated rings. The number of rotatable bonds is 3. The van der Waals surface area contributed by atoms with Crippen LogP contribution in [0.2, 0.25) is 0 Å². The smallest absolute Gasteiger partial charge is 0.252 e. The van der Waals surface area contributed by atoms with Crippen LogP contribution in [0.25, 0.3) is 0 Å². The molecule has 2 rings (SSSR count). The molecule has 1 saturated heterocycles. The minimum Gasteiger partial charge on any atom is -0.343 e. The van der Waals surface area contributed by atoms with Crippen molar-refractivity contribution in [2.75, 3.05) is 19.6 Å². The van der Waals surface area contributed by atoms with Crippen molar-refractivity contribution in [3.05, 3.63) is 33.8 Å². The van der Waals surface area contributed by atoms with Crippen LogP contribution in [0.3, 0.4) is 0 Å². The largest absolute Gasteiger partial charge is 0.343 e. The van der Waals surface area contributed by atoms with Crippen LogP contribution in [-0.2, 0) is 4.79 Å². The first-order valence-corrected chi connectivity index (χ1v) is 7.20. The molecule has 1 aromatic rings. The highest BCUT2D eigenvalue weighted by atomic mass is 79.9. The van der Waals surface area contributed by atoms with E-state index in [4.69, 9.17) is 0 Å². The lowest BCUT2D eigenvalue weighted by Crippen LogP contribution is -2.38. The highest BCUT2D eigenvalue weighted by molar-refractivity contribution is 9.10. The first kappa shape index (κ1) is 14.1. The molecule has 102 valence electrons. The molecule has 1 N–H and O–H groups in total. The first-order chi connectivity index (χ1) is 9.09. The predicted molar refractivity (Wildman–Crippen MR) is 77.0 cm³/mol. The molecule has 0 radical (unpaired) electrons. The van der Waals surface area contributed by atoms with Crippen molar-refractivity contribution in [2.45, 2.75) is 19.8 Å². The summed E-state index contributed by atoms with van der Waals surface area (Å²) in [6.45, 7) is 3.57. The van der Waals surface area contributed by atoms with Crippen LogP contribution in [-0.4, -0.2) is 36.3 Å². The fraction of sp³-hybridized carbons (Fsp3) is 0.429. The molecule has 0 bridgehead atoms. The highest BCUT2D eigenvalue weighted by Crippen LogP contribution is 2.19. The zero-order chi connectivity index (χ0) is 13.8. The van der Waals surface area contributed by atoms with Gasteiger partial charge in [0.05, 0.1) is 6.54 Å². The average Bonchev–Trinajstić information content (AvgIpc) is 2.93. The summed E-state index contributed by atoms with van der Waals surface area (Å²) in [7, 11) is 0. The summed E-state index contributed by atoms with van der Waals surface area (Å²) in [6, 6.07) is 5.46. The zero-order valence-electron chi connectivity index (χ0n) is 10.9. The third kappa shape index (κ3) is 3.35. The van der Waals surface area contributed by atoms with E-state index >= 15 is 0 Å². The molecule has 0 spiro atoms. The number of hydrogen-bond donors (Lipinski definition) is 1. The Hall–Kier alpha value is -1.36. The van der Waals surface area contributed by atoms with Gasteiger partial charge in [0.15, 0.2) is 0 Å². The van der Waals surface area contributed by atoms with Gasteiger partial charge in [0.1, 0.15) is 0 Å². The minimum atomic E-state index is -0.202. The maximum Gasteiger partial charge on any atom is 0.252 e. The van der Waals surface area contributed by atoms with Crippen molar-refractivity contribution in [1.29, 1.82) is 0 Å². The Bertz CT molecular complexity index is 496. The van der Waals surface area contributed by atoms with Gasteiger partial charge in [-0.3, -0.25) is 9.59 Å². The van der Waals surface area contributed by atoms with Crippen molar-refractivity contribution in [1.82, 2.24) is 10.2 Å². The number of nitrogens with zero attached hydrogens (tertiary/aromatic N) is 1. The first-order valence-electron chi connectivity index (χ1n) is 6.40. The van der Waals surface area contributed by atoms with E-state index in [1.54, 1.807) is 11.0 Å². The molecule has 0 saturated carbocycles. The summed E-state index contributed by atoms with van der Waals surface area (Å²) in [5.41, 5.74) is 1.48. The molecule has 0 aromatic heterocycles. The van der Waals surface area contributed by atoms with E-state index in [-0.39, 0.29) is 18.4 Å². The Kier molecular flexibility index (Phi) is 4.58. The summed E-state index contributed by atoms with van der Waals surface area (Å²) in [5.74, 6) is -0.204. The summed E-state index contributed by atoms with van der Waals surface area (Å²) in [5, 5.41) is 2.69. The molecule has 0 aliphatic carbocycles. The number of halogens is 1. The number of hydrogen-bond acceptors (Lipinski definition) is 2. The van der Waals surface area contributed by atoms with Gasteiger partial charge in [0.2, 0.25) is 5.91 Å². The number of likely N-dealkylation sites (tertiary alicyclic amines) is 1. The molecule has 1 aliphatic rings. The molecule has 1 aromatic carbocycles. The topological polar surface area (TPSA) is 49.4 Å². The van der Waals surface area contributed by atoms with Crippen molar-refractivity contribution in [3.8, 4) is 0 Å². The predicted octanol–water partition coefficient (Wildman–Crippen LogP) is 2.11. The molecule has 0 unspecified atom stereocenters. The van der Waals surface area contributed by atoms with E-state index in [2.05, 4.69) is 21.2 Å². The molecule has 2 amide bonds. The molecule has 4 nitrogen and oxygen atoms in total. The lowest BCUT2D eigenvalue weighted by atomic mass is 10.1. The minimum absolute atomic E-state index is 0.00139. The highest BCUT2D eigenvalue weighted by Gasteiger charge is 2.19. The maximum absolute atomic E-state index is 12.0. The summed E-state index contributed by atoms with van der Waals surface area (Å²) in [6.07, 6.45) is 2.12.